The van der Waals surface area contributed by atoms with Gasteiger partial charge in [0.2, 0.25) is 0 Å². The van der Waals surface area contributed by atoms with E-state index in [9.17, 15) is 4.79 Å². The molecule has 0 aliphatic carbocycles. The maximum Gasteiger partial charge on any atom is 0.200 e. The second kappa shape index (κ2) is 3.47. The van der Waals surface area contributed by atoms with E-state index in [-0.39, 0.29) is 16.4 Å². The predicted octanol–water partition coefficient (Wildman–Crippen LogP) is 2.30. The molecule has 0 fully saturated rings. The topological polar surface area (TPSA) is 34.9 Å². The Morgan fingerprint density at radius 1 is 1.13 bits per heavy atom. The van der Waals surface area contributed by atoms with Crippen molar-refractivity contribution in [3.63, 3.8) is 0 Å². The van der Waals surface area contributed by atoms with E-state index < -0.39 is 0 Å². The van der Waals surface area contributed by atoms with Gasteiger partial charge in [-0.15, -0.1) is 0 Å². The normalized spacial score (nSPS) is 12.9. The van der Waals surface area contributed by atoms with Gasteiger partial charge in [-0.3, -0.25) is 9.48 Å². The van der Waals surface area contributed by atoms with Gasteiger partial charge in [0.25, 0.3) is 0 Å². The Bertz CT molecular complexity index is 405. The molecule has 0 radical (unpaired) electrons. The minimum Gasteiger partial charge on any atom is -0.288 e. The largest absolute Gasteiger partial charge is 0.288 e. The summed E-state index contributed by atoms with van der Waals surface area (Å²) in [6.45, 7) is 12.5. The highest BCUT2D eigenvalue weighted by molar-refractivity contribution is 5.14. The van der Waals surface area contributed by atoms with Crippen molar-refractivity contribution in [2.24, 2.45) is 0 Å². The van der Waals surface area contributed by atoms with E-state index in [1.807, 2.05) is 4.68 Å². The van der Waals surface area contributed by atoms with Crippen LogP contribution in [-0.4, -0.2) is 9.78 Å². The molecule has 0 aliphatic heterocycles. The lowest BCUT2D eigenvalue weighted by atomic mass is 9.90. The molecule has 0 aromatic carbocycles. The van der Waals surface area contributed by atoms with Crippen LogP contribution in [0.4, 0.5) is 0 Å². The summed E-state index contributed by atoms with van der Waals surface area (Å²) in [6.07, 6.45) is 1.38. The zero-order valence-electron chi connectivity index (χ0n) is 10.5. The van der Waals surface area contributed by atoms with E-state index >= 15 is 0 Å². The van der Waals surface area contributed by atoms with Crippen molar-refractivity contribution < 1.29 is 0 Å². The van der Waals surface area contributed by atoms with E-state index in [0.29, 0.717) is 0 Å². The number of hydrogen-bond donors (Lipinski definition) is 0. The summed E-state index contributed by atoms with van der Waals surface area (Å²) in [6, 6.07) is 1.68. The molecule has 3 heteroatoms. The van der Waals surface area contributed by atoms with Gasteiger partial charge in [0.1, 0.15) is 0 Å². The Balaban J connectivity index is 3.48. The molecule has 0 unspecified atom stereocenters. The number of aromatic nitrogens is 2. The van der Waals surface area contributed by atoms with Gasteiger partial charge in [-0.2, -0.15) is 5.10 Å². The van der Waals surface area contributed by atoms with Gasteiger partial charge in [0, 0.05) is 17.2 Å². The van der Waals surface area contributed by atoms with E-state index in [2.05, 4.69) is 46.6 Å². The molecule has 0 atom stereocenters. The van der Waals surface area contributed by atoms with Crippen molar-refractivity contribution in [3.05, 3.63) is 28.2 Å². The fourth-order valence-electron chi connectivity index (χ4n) is 1.48. The van der Waals surface area contributed by atoms with Gasteiger partial charge < -0.3 is 0 Å². The van der Waals surface area contributed by atoms with Gasteiger partial charge in [0.15, 0.2) is 5.43 Å². The van der Waals surface area contributed by atoms with Crippen molar-refractivity contribution in [2.45, 2.75) is 52.5 Å². The third-order valence-electron chi connectivity index (χ3n) is 2.21. The predicted molar refractivity (Wildman–Crippen MR) is 62.2 cm³/mol. The monoisotopic (exact) mass is 208 g/mol. The summed E-state index contributed by atoms with van der Waals surface area (Å²) in [4.78, 5) is 11.3. The van der Waals surface area contributed by atoms with E-state index in [0.717, 1.165) is 5.69 Å². The zero-order valence-corrected chi connectivity index (χ0v) is 10.5. The lowest BCUT2D eigenvalue weighted by Gasteiger charge is -2.30. The fraction of sp³-hybridized carbons (Fsp3) is 0.667. The molecular formula is C12H20N2O. The maximum absolute atomic E-state index is 11.3. The van der Waals surface area contributed by atoms with Gasteiger partial charge in [-0.1, -0.05) is 20.8 Å². The summed E-state index contributed by atoms with van der Waals surface area (Å²) >= 11 is 0. The molecule has 1 rings (SSSR count). The molecule has 1 heterocycles. The third-order valence-corrected chi connectivity index (χ3v) is 2.21. The highest BCUT2D eigenvalue weighted by Gasteiger charge is 2.24. The Labute approximate surface area is 91.1 Å². The van der Waals surface area contributed by atoms with Crippen LogP contribution in [0.25, 0.3) is 0 Å². The number of nitrogens with zero attached hydrogens (tertiary/aromatic N) is 2. The number of rotatable bonds is 0. The molecule has 0 aliphatic rings. The average Bonchev–Trinajstić information content (AvgIpc) is 2.00. The summed E-state index contributed by atoms with van der Waals surface area (Å²) in [7, 11) is 0. The second-order valence-electron chi connectivity index (χ2n) is 5.91. The first-order valence-corrected chi connectivity index (χ1v) is 5.23. The molecule has 0 bridgehead atoms. The van der Waals surface area contributed by atoms with Gasteiger partial charge in [-0.25, -0.2) is 0 Å². The van der Waals surface area contributed by atoms with Crippen LogP contribution in [0, 0.1) is 0 Å². The van der Waals surface area contributed by atoms with Crippen molar-refractivity contribution >= 4 is 0 Å². The highest BCUT2D eigenvalue weighted by Crippen LogP contribution is 2.24. The molecule has 15 heavy (non-hydrogen) atoms. The maximum atomic E-state index is 11.3. The summed E-state index contributed by atoms with van der Waals surface area (Å²) in [5.74, 6) is 0. The fourth-order valence-corrected chi connectivity index (χ4v) is 1.48. The zero-order chi connectivity index (χ0) is 11.9. The molecular weight excluding hydrogens is 188 g/mol. The second-order valence-corrected chi connectivity index (χ2v) is 5.91. The van der Waals surface area contributed by atoms with E-state index in [4.69, 9.17) is 0 Å². The lowest BCUT2D eigenvalue weighted by molar-refractivity contribution is 0.312. The molecule has 0 saturated carbocycles. The molecule has 0 spiro atoms. The van der Waals surface area contributed by atoms with Gasteiger partial charge in [-0.05, 0) is 20.8 Å². The van der Waals surface area contributed by atoms with Crippen molar-refractivity contribution in [1.82, 2.24) is 9.78 Å². The average molecular weight is 208 g/mol. The molecule has 1 aromatic heterocycles. The van der Waals surface area contributed by atoms with E-state index in [1.54, 1.807) is 6.07 Å². The van der Waals surface area contributed by atoms with Crippen molar-refractivity contribution in [3.8, 4) is 0 Å². The minimum atomic E-state index is -0.101. The highest BCUT2D eigenvalue weighted by atomic mass is 16.1. The first kappa shape index (κ1) is 12.0. The first-order chi connectivity index (χ1) is 6.62. The van der Waals surface area contributed by atoms with Crippen LogP contribution in [0.5, 0.6) is 0 Å². The summed E-state index contributed by atoms with van der Waals surface area (Å²) in [5, 5.41) is 4.22. The Hall–Kier alpha value is -1.12. The Morgan fingerprint density at radius 2 is 1.67 bits per heavy atom. The first-order valence-electron chi connectivity index (χ1n) is 5.23. The molecule has 84 valence electrons. The van der Waals surface area contributed by atoms with Crippen LogP contribution in [0.3, 0.4) is 0 Å². The van der Waals surface area contributed by atoms with Crippen molar-refractivity contribution in [1.29, 1.82) is 0 Å². The van der Waals surface area contributed by atoms with E-state index in [1.165, 1.54) is 6.20 Å². The third kappa shape index (κ3) is 2.67. The standard InChI is InChI=1S/C12H20N2O/c1-11(2,3)10-7-9(15)8-13-14(10)12(4,5)6/h7-8H,1-6H3. The van der Waals surface area contributed by atoms with Crippen LogP contribution >= 0.6 is 0 Å². The Kier molecular flexibility index (Phi) is 2.77. The SMILES string of the molecule is CC(C)(C)c1cc(=O)cnn1C(C)(C)C. The summed E-state index contributed by atoms with van der Waals surface area (Å²) < 4.78 is 1.92. The van der Waals surface area contributed by atoms with Crippen molar-refractivity contribution in [2.75, 3.05) is 0 Å². The van der Waals surface area contributed by atoms with Crippen LogP contribution in [0.1, 0.15) is 47.2 Å². The quantitative estimate of drug-likeness (QED) is 0.655. The molecule has 0 saturated heterocycles. The van der Waals surface area contributed by atoms with Gasteiger partial charge >= 0.3 is 0 Å². The number of hydrogen-bond acceptors (Lipinski definition) is 2. The van der Waals surface area contributed by atoms with Crippen LogP contribution in [0.15, 0.2) is 17.1 Å². The van der Waals surface area contributed by atoms with Crippen LogP contribution in [0.2, 0.25) is 0 Å². The van der Waals surface area contributed by atoms with Gasteiger partial charge in [0.05, 0.1) is 11.7 Å². The smallest absolute Gasteiger partial charge is 0.200 e. The minimum absolute atomic E-state index is 0.0274. The Morgan fingerprint density at radius 3 is 2.07 bits per heavy atom. The molecule has 0 amide bonds. The van der Waals surface area contributed by atoms with Crippen LogP contribution in [-0.2, 0) is 11.0 Å². The molecule has 0 N–H and O–H groups in total. The summed E-state index contributed by atoms with van der Waals surface area (Å²) in [5.41, 5.74) is 0.778. The molecule has 3 nitrogen and oxygen atoms in total. The van der Waals surface area contributed by atoms with Crippen LogP contribution < -0.4 is 5.43 Å². The molecule has 1 aromatic rings. The lowest BCUT2D eigenvalue weighted by Crippen LogP contribution is -2.34.